The van der Waals surface area contributed by atoms with Crippen molar-refractivity contribution in [3.63, 3.8) is 0 Å². The molecule has 0 rings (SSSR count). The molecule has 0 radical (unpaired) electrons. The lowest BCUT2D eigenvalue weighted by Gasteiger charge is -2.28. The van der Waals surface area contributed by atoms with Crippen LogP contribution in [-0.2, 0) is 9.53 Å². The van der Waals surface area contributed by atoms with E-state index in [2.05, 4.69) is 21.0 Å². The van der Waals surface area contributed by atoms with Crippen LogP contribution in [0.5, 0.6) is 0 Å². The fourth-order valence-electron chi connectivity index (χ4n) is 3.58. The van der Waals surface area contributed by atoms with Gasteiger partial charge >= 0.3 is 5.97 Å². The first-order valence-corrected chi connectivity index (χ1v) is 11.4. The average molecular weight is 371 g/mol. The number of quaternary nitrogens is 1. The Morgan fingerprint density at radius 2 is 1.00 bits per heavy atom. The zero-order valence-electron chi connectivity index (χ0n) is 18.5. The van der Waals surface area contributed by atoms with Crippen molar-refractivity contribution in [2.45, 2.75) is 110 Å². The van der Waals surface area contributed by atoms with Gasteiger partial charge in [0.1, 0.15) is 0 Å². The molecule has 0 aromatic heterocycles. The maximum atomic E-state index is 11.4. The Morgan fingerprint density at radius 3 is 1.35 bits per heavy atom. The Labute approximate surface area is 164 Å². The monoisotopic (exact) mass is 370 g/mol. The van der Waals surface area contributed by atoms with Gasteiger partial charge in [0.05, 0.1) is 27.7 Å². The Morgan fingerprint density at radius 1 is 0.654 bits per heavy atom. The number of rotatable bonds is 19. The summed E-state index contributed by atoms with van der Waals surface area (Å²) < 4.78 is 5.51. The average Bonchev–Trinajstić information content (AvgIpc) is 2.60. The van der Waals surface area contributed by atoms with Crippen LogP contribution >= 0.6 is 0 Å². The largest absolute Gasteiger partial charge is 0.465 e. The summed E-state index contributed by atoms with van der Waals surface area (Å²) in [5.41, 5.74) is 0. The molecule has 0 aromatic carbocycles. The Kier molecular flexibility index (Phi) is 17.4. The minimum absolute atomic E-state index is 0.105. The predicted molar refractivity (Wildman–Crippen MR) is 113 cm³/mol. The zero-order valence-corrected chi connectivity index (χ0v) is 18.5. The lowest BCUT2D eigenvalue weighted by Crippen LogP contribution is -2.44. The number of methoxy groups -OCH3 is 1. The second-order valence-corrected chi connectivity index (χ2v) is 8.70. The molecule has 0 bridgehead atoms. The number of ether oxygens (including phenoxy) is 1. The summed E-state index contributed by atoms with van der Waals surface area (Å²) in [6.07, 6.45) is 22.4. The molecular formula is C23H48NO2+. The van der Waals surface area contributed by atoms with E-state index in [9.17, 15) is 4.79 Å². The van der Waals surface area contributed by atoms with Gasteiger partial charge in [-0.2, -0.15) is 0 Å². The SMILES string of the molecule is CCCCCCCCCCCCCCCCCC[N+](C)(C)CC(=O)OC. The summed E-state index contributed by atoms with van der Waals surface area (Å²) in [4.78, 5) is 11.4. The molecule has 0 aliphatic carbocycles. The Hall–Kier alpha value is -0.570. The van der Waals surface area contributed by atoms with Crippen molar-refractivity contribution in [3.8, 4) is 0 Å². The Bertz CT molecular complexity index is 315. The lowest BCUT2D eigenvalue weighted by atomic mass is 10.0. The van der Waals surface area contributed by atoms with Crippen LogP contribution in [0.3, 0.4) is 0 Å². The molecule has 0 saturated carbocycles. The summed E-state index contributed by atoms with van der Waals surface area (Å²) in [5.74, 6) is -0.105. The molecule has 0 heterocycles. The highest BCUT2D eigenvalue weighted by atomic mass is 16.5. The van der Waals surface area contributed by atoms with Crippen LogP contribution in [0.25, 0.3) is 0 Å². The quantitative estimate of drug-likeness (QED) is 0.147. The van der Waals surface area contributed by atoms with Crippen LogP contribution in [0.2, 0.25) is 0 Å². The molecule has 0 amide bonds. The van der Waals surface area contributed by atoms with Gasteiger partial charge < -0.3 is 9.22 Å². The van der Waals surface area contributed by atoms with Gasteiger partial charge in [-0.15, -0.1) is 0 Å². The molecule has 0 N–H and O–H groups in total. The van der Waals surface area contributed by atoms with Crippen molar-refractivity contribution in [3.05, 3.63) is 0 Å². The van der Waals surface area contributed by atoms with Crippen molar-refractivity contribution in [2.75, 3.05) is 34.3 Å². The number of nitrogens with zero attached hydrogens (tertiary/aromatic N) is 1. The first-order chi connectivity index (χ1) is 12.5. The summed E-state index contributed by atoms with van der Waals surface area (Å²) >= 11 is 0. The first kappa shape index (κ1) is 25.4. The van der Waals surface area contributed by atoms with Crippen LogP contribution in [0.4, 0.5) is 0 Å². The molecule has 3 nitrogen and oxygen atoms in total. The number of carbonyl (C=O) groups excluding carboxylic acids is 1. The molecular weight excluding hydrogens is 322 g/mol. The minimum Gasteiger partial charge on any atom is -0.465 e. The van der Waals surface area contributed by atoms with E-state index in [-0.39, 0.29) is 5.97 Å². The zero-order chi connectivity index (χ0) is 19.5. The van der Waals surface area contributed by atoms with Gasteiger partial charge in [0.25, 0.3) is 0 Å². The summed E-state index contributed by atoms with van der Waals surface area (Å²) in [6, 6.07) is 0. The van der Waals surface area contributed by atoms with E-state index in [1.165, 1.54) is 110 Å². The number of esters is 1. The van der Waals surface area contributed by atoms with Gasteiger partial charge in [0.2, 0.25) is 0 Å². The van der Waals surface area contributed by atoms with E-state index in [0.717, 1.165) is 11.0 Å². The van der Waals surface area contributed by atoms with Gasteiger partial charge in [-0.25, -0.2) is 4.79 Å². The van der Waals surface area contributed by atoms with Crippen LogP contribution in [0, 0.1) is 0 Å². The predicted octanol–water partition coefficient (Wildman–Crippen LogP) is 6.50. The van der Waals surface area contributed by atoms with Crippen LogP contribution in [0.1, 0.15) is 110 Å². The number of unbranched alkanes of at least 4 members (excludes halogenated alkanes) is 15. The van der Waals surface area contributed by atoms with Gasteiger partial charge in [-0.05, 0) is 12.8 Å². The van der Waals surface area contributed by atoms with Gasteiger partial charge in [0.15, 0.2) is 6.54 Å². The third kappa shape index (κ3) is 18.2. The summed E-state index contributed by atoms with van der Waals surface area (Å²) in [7, 11) is 5.70. The van der Waals surface area contributed by atoms with E-state index < -0.39 is 0 Å². The molecule has 0 spiro atoms. The van der Waals surface area contributed by atoms with Gasteiger partial charge in [0, 0.05) is 0 Å². The van der Waals surface area contributed by atoms with Crippen molar-refractivity contribution >= 4 is 5.97 Å². The maximum Gasteiger partial charge on any atom is 0.361 e. The third-order valence-electron chi connectivity index (χ3n) is 5.40. The van der Waals surface area contributed by atoms with E-state index in [1.807, 2.05) is 0 Å². The second-order valence-electron chi connectivity index (χ2n) is 8.70. The van der Waals surface area contributed by atoms with E-state index in [4.69, 9.17) is 4.74 Å². The number of hydrogen-bond donors (Lipinski definition) is 0. The molecule has 0 aliphatic heterocycles. The molecule has 0 aromatic rings. The smallest absolute Gasteiger partial charge is 0.361 e. The Balaban J connectivity index is 3.23. The van der Waals surface area contributed by atoms with Crippen molar-refractivity contribution in [2.24, 2.45) is 0 Å². The minimum atomic E-state index is -0.105. The number of hydrogen-bond acceptors (Lipinski definition) is 2. The van der Waals surface area contributed by atoms with E-state index in [0.29, 0.717) is 6.54 Å². The highest BCUT2D eigenvalue weighted by Gasteiger charge is 2.19. The number of likely N-dealkylation sites (N-methyl/N-ethyl adjacent to an activating group) is 1. The maximum absolute atomic E-state index is 11.4. The topological polar surface area (TPSA) is 26.3 Å². The highest BCUT2D eigenvalue weighted by Crippen LogP contribution is 2.14. The molecule has 0 atom stereocenters. The second kappa shape index (κ2) is 17.8. The molecule has 0 aliphatic rings. The van der Waals surface area contributed by atoms with Crippen LogP contribution in [0.15, 0.2) is 0 Å². The molecule has 156 valence electrons. The van der Waals surface area contributed by atoms with Crippen LogP contribution in [-0.4, -0.2) is 44.7 Å². The molecule has 0 fully saturated rings. The lowest BCUT2D eigenvalue weighted by molar-refractivity contribution is -0.883. The molecule has 26 heavy (non-hydrogen) atoms. The van der Waals surface area contributed by atoms with E-state index in [1.54, 1.807) is 0 Å². The third-order valence-corrected chi connectivity index (χ3v) is 5.40. The highest BCUT2D eigenvalue weighted by molar-refractivity contribution is 5.70. The fraction of sp³-hybridized carbons (Fsp3) is 0.957. The van der Waals surface area contributed by atoms with Gasteiger partial charge in [-0.3, -0.25) is 0 Å². The molecule has 3 heteroatoms. The normalized spacial score (nSPS) is 11.7. The summed E-state index contributed by atoms with van der Waals surface area (Å²) in [5, 5.41) is 0. The standard InChI is InChI=1S/C23H48NO2/c1-5-6-7-8-9-10-11-12-13-14-15-16-17-18-19-20-21-24(2,3)22-23(25)26-4/h5-22H2,1-4H3/q+1. The molecule has 0 saturated heterocycles. The van der Waals surface area contributed by atoms with Crippen molar-refractivity contribution in [1.82, 2.24) is 0 Å². The molecule has 0 unspecified atom stereocenters. The van der Waals surface area contributed by atoms with Crippen LogP contribution < -0.4 is 0 Å². The fourth-order valence-corrected chi connectivity index (χ4v) is 3.58. The summed E-state index contributed by atoms with van der Waals surface area (Å²) in [6.45, 7) is 3.83. The van der Waals surface area contributed by atoms with Crippen molar-refractivity contribution < 1.29 is 14.0 Å². The van der Waals surface area contributed by atoms with E-state index >= 15 is 0 Å². The van der Waals surface area contributed by atoms with Gasteiger partial charge in [-0.1, -0.05) is 96.8 Å². The number of carbonyl (C=O) groups is 1. The van der Waals surface area contributed by atoms with Crippen molar-refractivity contribution in [1.29, 1.82) is 0 Å². The first-order valence-electron chi connectivity index (χ1n) is 11.4.